The summed E-state index contributed by atoms with van der Waals surface area (Å²) in [5.41, 5.74) is 9.69. The van der Waals surface area contributed by atoms with E-state index in [1.165, 1.54) is 17.2 Å². The number of rotatable bonds is 4. The van der Waals surface area contributed by atoms with Gasteiger partial charge in [0.05, 0.1) is 0 Å². The van der Waals surface area contributed by atoms with Crippen molar-refractivity contribution in [3.05, 3.63) is 64.5 Å². The van der Waals surface area contributed by atoms with Crippen molar-refractivity contribution in [1.82, 2.24) is 0 Å². The van der Waals surface area contributed by atoms with Crippen LogP contribution in [-0.2, 0) is 6.61 Å². The number of benzene rings is 2. The predicted octanol–water partition coefficient (Wildman–Crippen LogP) is 4.04. The van der Waals surface area contributed by atoms with Crippen LogP contribution in [0.1, 0.15) is 35.2 Å². The number of hydrogen-bond donors (Lipinski definition) is 1. The van der Waals surface area contributed by atoms with E-state index >= 15 is 0 Å². The molecule has 1 atom stereocenters. The second-order valence-electron chi connectivity index (χ2n) is 5.13. The second kappa shape index (κ2) is 6.06. The summed E-state index contributed by atoms with van der Waals surface area (Å²) in [4.78, 5) is 0. The number of halogens is 1. The van der Waals surface area contributed by atoms with Gasteiger partial charge < -0.3 is 10.5 Å². The first kappa shape index (κ1) is 14.5. The summed E-state index contributed by atoms with van der Waals surface area (Å²) in [6.45, 7) is 6.29. The Morgan fingerprint density at radius 3 is 2.35 bits per heavy atom. The SMILES string of the molecule is Cc1cccc(C)c1COc1ccc([C@H](C)N)c(F)c1. The Labute approximate surface area is 119 Å². The second-order valence-corrected chi connectivity index (χ2v) is 5.13. The molecule has 20 heavy (non-hydrogen) atoms. The third-order valence-electron chi connectivity index (χ3n) is 3.49. The van der Waals surface area contributed by atoms with E-state index < -0.39 is 0 Å². The van der Waals surface area contributed by atoms with E-state index in [0.29, 0.717) is 17.9 Å². The average molecular weight is 273 g/mol. The minimum atomic E-state index is -0.320. The Morgan fingerprint density at radius 2 is 1.80 bits per heavy atom. The smallest absolute Gasteiger partial charge is 0.131 e. The van der Waals surface area contributed by atoms with Crippen LogP contribution >= 0.6 is 0 Å². The van der Waals surface area contributed by atoms with Gasteiger partial charge in [-0.2, -0.15) is 0 Å². The van der Waals surface area contributed by atoms with Gasteiger partial charge in [0.25, 0.3) is 0 Å². The molecule has 0 heterocycles. The molecule has 0 unspecified atom stereocenters. The van der Waals surface area contributed by atoms with Gasteiger partial charge in [0, 0.05) is 17.7 Å². The summed E-state index contributed by atoms with van der Waals surface area (Å²) in [6, 6.07) is 10.6. The Kier molecular flexibility index (Phi) is 4.40. The highest BCUT2D eigenvalue weighted by Gasteiger charge is 2.09. The van der Waals surface area contributed by atoms with E-state index in [1.54, 1.807) is 19.1 Å². The van der Waals surface area contributed by atoms with Gasteiger partial charge in [0.2, 0.25) is 0 Å². The van der Waals surface area contributed by atoms with E-state index in [9.17, 15) is 4.39 Å². The van der Waals surface area contributed by atoms with Crippen molar-refractivity contribution in [3.63, 3.8) is 0 Å². The Hall–Kier alpha value is -1.87. The molecular weight excluding hydrogens is 253 g/mol. The lowest BCUT2D eigenvalue weighted by molar-refractivity contribution is 0.302. The molecule has 2 aromatic carbocycles. The van der Waals surface area contributed by atoms with Crippen molar-refractivity contribution in [2.45, 2.75) is 33.4 Å². The molecule has 3 heteroatoms. The molecule has 0 fully saturated rings. The van der Waals surface area contributed by atoms with E-state index in [4.69, 9.17) is 10.5 Å². The average Bonchev–Trinajstić information content (AvgIpc) is 2.37. The minimum Gasteiger partial charge on any atom is -0.489 e. The molecule has 2 aromatic rings. The summed E-state index contributed by atoms with van der Waals surface area (Å²) < 4.78 is 19.5. The maximum atomic E-state index is 13.8. The zero-order chi connectivity index (χ0) is 14.7. The third-order valence-corrected chi connectivity index (χ3v) is 3.49. The van der Waals surface area contributed by atoms with E-state index in [-0.39, 0.29) is 11.9 Å². The molecule has 2 nitrogen and oxygen atoms in total. The molecule has 0 amide bonds. The maximum Gasteiger partial charge on any atom is 0.131 e. The first-order valence-corrected chi connectivity index (χ1v) is 6.72. The van der Waals surface area contributed by atoms with Gasteiger partial charge in [0.1, 0.15) is 18.2 Å². The molecule has 0 aliphatic heterocycles. The van der Waals surface area contributed by atoms with Gasteiger partial charge in [-0.1, -0.05) is 24.3 Å². The zero-order valence-electron chi connectivity index (χ0n) is 12.1. The highest BCUT2D eigenvalue weighted by atomic mass is 19.1. The molecular formula is C17H20FNO. The third kappa shape index (κ3) is 3.17. The largest absolute Gasteiger partial charge is 0.489 e. The van der Waals surface area contributed by atoms with Crippen LogP contribution < -0.4 is 10.5 Å². The first-order valence-electron chi connectivity index (χ1n) is 6.72. The standard InChI is InChI=1S/C17H20FNO/c1-11-5-4-6-12(2)16(11)10-20-14-7-8-15(13(3)19)17(18)9-14/h4-9,13H,10,19H2,1-3H3/t13-/m0/s1. The Balaban J connectivity index is 2.14. The topological polar surface area (TPSA) is 35.2 Å². The monoisotopic (exact) mass is 273 g/mol. The summed E-state index contributed by atoms with van der Waals surface area (Å²) in [6.07, 6.45) is 0. The predicted molar refractivity (Wildman–Crippen MR) is 79.3 cm³/mol. The quantitative estimate of drug-likeness (QED) is 0.912. The molecule has 0 aliphatic rings. The number of aryl methyl sites for hydroxylation is 2. The summed E-state index contributed by atoms with van der Waals surface area (Å²) in [7, 11) is 0. The van der Waals surface area contributed by atoms with Crippen LogP contribution in [0.15, 0.2) is 36.4 Å². The summed E-state index contributed by atoms with van der Waals surface area (Å²) >= 11 is 0. The normalized spacial score (nSPS) is 12.2. The van der Waals surface area contributed by atoms with Crippen LogP contribution in [0.5, 0.6) is 5.75 Å². The van der Waals surface area contributed by atoms with Crippen molar-refractivity contribution >= 4 is 0 Å². The van der Waals surface area contributed by atoms with Crippen LogP contribution in [0.25, 0.3) is 0 Å². The molecule has 2 rings (SSSR count). The van der Waals surface area contributed by atoms with Crippen LogP contribution in [0, 0.1) is 19.7 Å². The molecule has 0 aromatic heterocycles. The fourth-order valence-electron chi connectivity index (χ4n) is 2.20. The van der Waals surface area contributed by atoms with Gasteiger partial charge in [-0.05, 0) is 43.5 Å². The highest BCUT2D eigenvalue weighted by molar-refractivity contribution is 5.34. The van der Waals surface area contributed by atoms with E-state index in [0.717, 1.165) is 5.56 Å². The number of nitrogens with two attached hydrogens (primary N) is 1. The van der Waals surface area contributed by atoms with Gasteiger partial charge in [-0.15, -0.1) is 0 Å². The summed E-state index contributed by atoms with van der Waals surface area (Å²) in [5.74, 6) is 0.202. The van der Waals surface area contributed by atoms with Crippen molar-refractivity contribution < 1.29 is 9.13 Å². The van der Waals surface area contributed by atoms with Gasteiger partial charge in [-0.25, -0.2) is 4.39 Å². The Morgan fingerprint density at radius 1 is 1.15 bits per heavy atom. The lowest BCUT2D eigenvalue weighted by Crippen LogP contribution is -2.07. The molecule has 0 radical (unpaired) electrons. The van der Waals surface area contributed by atoms with Crippen molar-refractivity contribution in [2.24, 2.45) is 5.73 Å². The Bertz CT molecular complexity index is 588. The van der Waals surface area contributed by atoms with Crippen LogP contribution in [0.4, 0.5) is 4.39 Å². The molecule has 0 bridgehead atoms. The van der Waals surface area contributed by atoms with Crippen molar-refractivity contribution in [2.75, 3.05) is 0 Å². The molecule has 2 N–H and O–H groups in total. The van der Waals surface area contributed by atoms with Crippen molar-refractivity contribution in [1.29, 1.82) is 0 Å². The first-order chi connectivity index (χ1) is 9.49. The summed E-state index contributed by atoms with van der Waals surface area (Å²) in [5, 5.41) is 0. The van der Waals surface area contributed by atoms with E-state index in [2.05, 4.69) is 0 Å². The van der Waals surface area contributed by atoms with Crippen molar-refractivity contribution in [3.8, 4) is 5.75 Å². The van der Waals surface area contributed by atoms with E-state index in [1.807, 2.05) is 32.0 Å². The lowest BCUT2D eigenvalue weighted by atomic mass is 10.0. The fraction of sp³-hybridized carbons (Fsp3) is 0.294. The maximum absolute atomic E-state index is 13.8. The van der Waals surface area contributed by atoms with Gasteiger partial charge in [0.15, 0.2) is 0 Å². The lowest BCUT2D eigenvalue weighted by Gasteiger charge is -2.13. The number of ether oxygens (including phenoxy) is 1. The zero-order valence-corrected chi connectivity index (χ0v) is 12.1. The molecule has 0 saturated carbocycles. The minimum absolute atomic E-state index is 0.317. The van der Waals surface area contributed by atoms with Crippen LogP contribution in [0.3, 0.4) is 0 Å². The molecule has 106 valence electrons. The van der Waals surface area contributed by atoms with Gasteiger partial charge >= 0.3 is 0 Å². The molecule has 0 saturated heterocycles. The van der Waals surface area contributed by atoms with Crippen LogP contribution in [-0.4, -0.2) is 0 Å². The highest BCUT2D eigenvalue weighted by Crippen LogP contribution is 2.22. The van der Waals surface area contributed by atoms with Gasteiger partial charge in [-0.3, -0.25) is 0 Å². The molecule has 0 aliphatic carbocycles. The fourth-order valence-corrected chi connectivity index (χ4v) is 2.20. The van der Waals surface area contributed by atoms with Crippen LogP contribution in [0.2, 0.25) is 0 Å². The number of hydrogen-bond acceptors (Lipinski definition) is 2. The molecule has 0 spiro atoms.